The molecular weight excluding hydrogens is 120 g/mol. The summed E-state index contributed by atoms with van der Waals surface area (Å²) >= 11 is 1.08. The average molecular weight is 121 g/mol. The van der Waals surface area contributed by atoms with E-state index in [1.165, 1.54) is 0 Å². The van der Waals surface area contributed by atoms with Crippen molar-refractivity contribution in [3.8, 4) is 0 Å². The summed E-state index contributed by atoms with van der Waals surface area (Å²) < 4.78 is 0. The lowest BCUT2D eigenvalue weighted by atomic mass is 10.0. The highest BCUT2D eigenvalue weighted by molar-refractivity contribution is 8.19. The minimum atomic E-state index is -0.560. The van der Waals surface area contributed by atoms with Crippen molar-refractivity contribution in [2.24, 2.45) is 4.99 Å². The van der Waals surface area contributed by atoms with E-state index in [1.54, 1.807) is 0 Å². The van der Waals surface area contributed by atoms with Gasteiger partial charge in [-0.3, -0.25) is 4.79 Å². The van der Waals surface area contributed by atoms with Crippen LogP contribution in [0.2, 0.25) is 0 Å². The molecule has 1 rings (SSSR count). The standard InChI is InChI=1S/C3HB2NOS/c4-1-2(7)6-3(5)8-1/h1H. The molecule has 0 saturated carbocycles. The Bertz CT molecular complexity index is 157. The maximum absolute atomic E-state index is 10.4. The zero-order valence-electron chi connectivity index (χ0n) is 4.00. The first-order chi connectivity index (χ1) is 3.70. The Hall–Kier alpha value is -0.180. The Kier molecular flexibility index (Phi) is 1.47. The van der Waals surface area contributed by atoms with Gasteiger partial charge < -0.3 is 0 Å². The van der Waals surface area contributed by atoms with Gasteiger partial charge in [-0.1, -0.05) is 0 Å². The third-order valence-corrected chi connectivity index (χ3v) is 1.50. The van der Waals surface area contributed by atoms with E-state index in [9.17, 15) is 4.79 Å². The van der Waals surface area contributed by atoms with E-state index >= 15 is 0 Å². The molecule has 0 fully saturated rings. The van der Waals surface area contributed by atoms with Crippen LogP contribution in [0.1, 0.15) is 0 Å². The Balaban J connectivity index is 2.70. The molecule has 1 aliphatic rings. The minimum absolute atomic E-state index is 0.266. The van der Waals surface area contributed by atoms with E-state index in [0.29, 0.717) is 0 Å². The SMILES string of the molecule is [B]C1=NC(=O)C([B])S1. The number of thioether (sulfide) groups is 1. The molecule has 0 saturated heterocycles. The van der Waals surface area contributed by atoms with Crippen molar-refractivity contribution in [2.75, 3.05) is 0 Å². The zero-order valence-corrected chi connectivity index (χ0v) is 4.81. The van der Waals surface area contributed by atoms with E-state index in [-0.39, 0.29) is 10.9 Å². The summed E-state index contributed by atoms with van der Waals surface area (Å²) in [6, 6.07) is 0. The second-order valence-corrected chi connectivity index (χ2v) is 2.49. The Morgan fingerprint density at radius 1 is 1.75 bits per heavy atom. The topological polar surface area (TPSA) is 29.4 Å². The van der Waals surface area contributed by atoms with Crippen LogP contribution in [0.15, 0.2) is 4.99 Å². The van der Waals surface area contributed by atoms with Crippen LogP contribution in [0.5, 0.6) is 0 Å². The van der Waals surface area contributed by atoms with Gasteiger partial charge in [-0.05, 0) is 0 Å². The number of carbonyl (C=O) groups is 1. The van der Waals surface area contributed by atoms with Crippen molar-refractivity contribution in [2.45, 2.75) is 5.15 Å². The lowest BCUT2D eigenvalue weighted by molar-refractivity contribution is -0.115. The number of nitrogens with zero attached hydrogens (tertiary/aromatic N) is 1. The van der Waals surface area contributed by atoms with Gasteiger partial charge in [-0.15, -0.1) is 11.8 Å². The van der Waals surface area contributed by atoms with Crippen LogP contribution in [-0.4, -0.2) is 31.7 Å². The van der Waals surface area contributed by atoms with Crippen molar-refractivity contribution in [3.63, 3.8) is 0 Å². The van der Waals surface area contributed by atoms with Gasteiger partial charge in [0, 0.05) is 4.94 Å². The molecule has 0 spiro atoms. The molecule has 0 aliphatic carbocycles. The lowest BCUT2D eigenvalue weighted by Gasteiger charge is -1.91. The average Bonchev–Trinajstić information content (AvgIpc) is 1.85. The summed E-state index contributed by atoms with van der Waals surface area (Å²) in [6.45, 7) is 0. The predicted molar refractivity (Wildman–Crippen MR) is 35.3 cm³/mol. The normalized spacial score (nSPS) is 28.2. The van der Waals surface area contributed by atoms with Gasteiger partial charge >= 0.3 is 0 Å². The molecule has 1 aliphatic heterocycles. The zero-order chi connectivity index (χ0) is 6.15. The van der Waals surface area contributed by atoms with Crippen LogP contribution >= 0.6 is 11.8 Å². The van der Waals surface area contributed by atoms with E-state index in [4.69, 9.17) is 15.7 Å². The summed E-state index contributed by atoms with van der Waals surface area (Å²) in [4.78, 5) is 14.0. The number of rotatable bonds is 0. The second kappa shape index (κ2) is 1.97. The monoisotopic (exact) mass is 121 g/mol. The molecule has 0 aromatic heterocycles. The van der Waals surface area contributed by atoms with Crippen molar-refractivity contribution in [1.29, 1.82) is 0 Å². The fraction of sp³-hybridized carbons (Fsp3) is 0.333. The van der Waals surface area contributed by atoms with Gasteiger partial charge in [0.25, 0.3) is 0 Å². The van der Waals surface area contributed by atoms with E-state index in [1.807, 2.05) is 0 Å². The molecule has 0 N–H and O–H groups in total. The summed E-state index contributed by atoms with van der Waals surface area (Å²) in [7, 11) is 10.3. The number of hydrogen-bond acceptors (Lipinski definition) is 2. The first-order valence-corrected chi connectivity index (χ1v) is 2.88. The van der Waals surface area contributed by atoms with E-state index in [0.717, 1.165) is 11.8 Å². The molecule has 0 aromatic carbocycles. The highest BCUT2D eigenvalue weighted by Gasteiger charge is 2.18. The quantitative estimate of drug-likeness (QED) is 0.395. The van der Waals surface area contributed by atoms with Crippen LogP contribution in [0, 0.1) is 0 Å². The first-order valence-electron chi connectivity index (χ1n) is 2.00. The van der Waals surface area contributed by atoms with Crippen molar-refractivity contribution in [1.82, 2.24) is 0 Å². The molecule has 36 valence electrons. The minimum Gasteiger partial charge on any atom is -0.272 e. The molecule has 0 bridgehead atoms. The maximum atomic E-state index is 10.4. The molecule has 1 amide bonds. The third kappa shape index (κ3) is 0.968. The third-order valence-electron chi connectivity index (χ3n) is 0.711. The number of hydrogen-bond donors (Lipinski definition) is 0. The largest absolute Gasteiger partial charge is 0.272 e. The molecule has 1 atom stereocenters. The van der Waals surface area contributed by atoms with Crippen molar-refractivity contribution < 1.29 is 4.79 Å². The summed E-state index contributed by atoms with van der Waals surface area (Å²) in [5.41, 5.74) is 0. The highest BCUT2D eigenvalue weighted by atomic mass is 32.2. The summed E-state index contributed by atoms with van der Waals surface area (Å²) in [6.07, 6.45) is 0. The van der Waals surface area contributed by atoms with Crippen LogP contribution in [0.4, 0.5) is 0 Å². The van der Waals surface area contributed by atoms with Crippen LogP contribution in [-0.2, 0) is 4.79 Å². The molecule has 1 unspecified atom stereocenters. The number of aliphatic imine (C=N–C) groups is 1. The van der Waals surface area contributed by atoms with Gasteiger partial charge in [0.2, 0.25) is 5.91 Å². The maximum Gasteiger partial charge on any atom is 0.249 e. The number of carbonyl (C=O) groups excluding carboxylic acids is 1. The summed E-state index contributed by atoms with van der Waals surface area (Å²) in [5, 5.41) is -0.560. The Labute approximate surface area is 53.9 Å². The van der Waals surface area contributed by atoms with Crippen LogP contribution in [0.3, 0.4) is 0 Å². The summed E-state index contributed by atoms with van der Waals surface area (Å²) in [5.74, 6) is -0.340. The van der Waals surface area contributed by atoms with Gasteiger partial charge in [0.15, 0.2) is 7.85 Å². The van der Waals surface area contributed by atoms with Gasteiger partial charge in [-0.25, -0.2) is 4.99 Å². The van der Waals surface area contributed by atoms with Crippen molar-refractivity contribution in [3.05, 3.63) is 0 Å². The van der Waals surface area contributed by atoms with Gasteiger partial charge in [0.1, 0.15) is 0 Å². The van der Waals surface area contributed by atoms with Crippen LogP contribution < -0.4 is 0 Å². The molecule has 0 aromatic rings. The van der Waals surface area contributed by atoms with Gasteiger partial charge in [-0.2, -0.15) is 0 Å². The number of amides is 1. The van der Waals surface area contributed by atoms with E-state index in [2.05, 4.69) is 4.99 Å². The van der Waals surface area contributed by atoms with Crippen LogP contribution in [0.25, 0.3) is 0 Å². The highest BCUT2D eigenvalue weighted by Crippen LogP contribution is 2.16. The molecule has 1 heterocycles. The Morgan fingerprint density at radius 2 is 2.38 bits per heavy atom. The molecule has 8 heavy (non-hydrogen) atoms. The molecule has 5 heteroatoms. The Morgan fingerprint density at radius 3 is 2.50 bits per heavy atom. The molecule has 4 radical (unpaired) electrons. The molecular formula is C3HB2NOS. The lowest BCUT2D eigenvalue weighted by Crippen LogP contribution is -2.08. The molecule has 2 nitrogen and oxygen atoms in total. The predicted octanol–water partition coefficient (Wildman–Crippen LogP) is -0.721. The van der Waals surface area contributed by atoms with E-state index < -0.39 is 5.15 Å². The smallest absolute Gasteiger partial charge is 0.249 e. The fourth-order valence-corrected chi connectivity index (χ4v) is 0.935. The first kappa shape index (κ1) is 5.95. The van der Waals surface area contributed by atoms with Crippen molar-refractivity contribution >= 4 is 38.3 Å². The second-order valence-electron chi connectivity index (χ2n) is 1.33. The van der Waals surface area contributed by atoms with Gasteiger partial charge in [0.05, 0.1) is 13.0 Å². The fourth-order valence-electron chi connectivity index (χ4n) is 0.379.